The van der Waals surface area contributed by atoms with Gasteiger partial charge in [-0.25, -0.2) is 4.79 Å². The van der Waals surface area contributed by atoms with Gasteiger partial charge < -0.3 is 14.8 Å². The number of aromatic carboxylic acids is 1. The van der Waals surface area contributed by atoms with Crippen molar-refractivity contribution in [3.8, 4) is 0 Å². The minimum atomic E-state index is -0.986. The molecule has 0 atom stereocenters. The third-order valence-electron chi connectivity index (χ3n) is 2.37. The summed E-state index contributed by atoms with van der Waals surface area (Å²) in [4.78, 5) is 24.6. The molecule has 5 heteroatoms. The number of aromatic amines is 1. The fourth-order valence-corrected chi connectivity index (χ4v) is 1.49. The molecule has 0 aliphatic carbocycles. The van der Waals surface area contributed by atoms with Crippen molar-refractivity contribution < 1.29 is 19.4 Å². The van der Waals surface area contributed by atoms with Gasteiger partial charge in [0, 0.05) is 12.6 Å². The van der Waals surface area contributed by atoms with E-state index >= 15 is 0 Å². The van der Waals surface area contributed by atoms with Crippen molar-refractivity contribution in [1.82, 2.24) is 4.98 Å². The highest BCUT2D eigenvalue weighted by molar-refractivity contribution is 5.87. The van der Waals surface area contributed by atoms with E-state index in [9.17, 15) is 9.59 Å². The van der Waals surface area contributed by atoms with Gasteiger partial charge in [0.15, 0.2) is 0 Å². The molecule has 0 aliphatic heterocycles. The highest BCUT2D eigenvalue weighted by Gasteiger charge is 2.13. The van der Waals surface area contributed by atoms with Crippen LogP contribution in [-0.4, -0.2) is 28.6 Å². The topological polar surface area (TPSA) is 79.4 Å². The molecular weight excluding hydrogens is 210 g/mol. The number of carboxylic acids is 1. The molecule has 16 heavy (non-hydrogen) atoms. The summed E-state index contributed by atoms with van der Waals surface area (Å²) in [5.41, 5.74) is 1.70. The van der Waals surface area contributed by atoms with Crippen molar-refractivity contribution >= 4 is 11.9 Å². The van der Waals surface area contributed by atoms with Crippen LogP contribution in [0, 0.1) is 6.92 Å². The van der Waals surface area contributed by atoms with Crippen LogP contribution in [0.4, 0.5) is 0 Å². The fraction of sp³-hybridized carbons (Fsp3) is 0.455. The van der Waals surface area contributed by atoms with Crippen molar-refractivity contribution in [2.45, 2.75) is 26.7 Å². The number of carbonyl (C=O) groups excluding carboxylic acids is 1. The average molecular weight is 225 g/mol. The molecule has 0 fully saturated rings. The number of hydrogen-bond acceptors (Lipinski definition) is 3. The van der Waals surface area contributed by atoms with Crippen LogP contribution in [0.15, 0.2) is 6.20 Å². The zero-order valence-electron chi connectivity index (χ0n) is 9.37. The summed E-state index contributed by atoms with van der Waals surface area (Å²) in [6.07, 6.45) is 2.39. The Labute approximate surface area is 93.4 Å². The summed E-state index contributed by atoms with van der Waals surface area (Å²) in [7, 11) is 0. The smallest absolute Gasteiger partial charge is 0.352 e. The van der Waals surface area contributed by atoms with Crippen molar-refractivity contribution in [3.63, 3.8) is 0 Å². The summed E-state index contributed by atoms with van der Waals surface area (Å²) < 4.78 is 4.79. The lowest BCUT2D eigenvalue weighted by Crippen LogP contribution is -2.05. The third-order valence-corrected chi connectivity index (χ3v) is 2.37. The SMILES string of the molecule is CCOC(=O)CCc1c[nH]c(C(=O)O)c1C. The van der Waals surface area contributed by atoms with E-state index in [0.29, 0.717) is 18.6 Å². The third kappa shape index (κ3) is 2.85. The van der Waals surface area contributed by atoms with Crippen LogP contribution in [0.1, 0.15) is 35.0 Å². The Balaban J connectivity index is 2.61. The summed E-state index contributed by atoms with van der Waals surface area (Å²) in [6, 6.07) is 0. The van der Waals surface area contributed by atoms with E-state index in [1.165, 1.54) is 0 Å². The zero-order chi connectivity index (χ0) is 12.1. The molecular formula is C11H15NO4. The standard InChI is InChI=1S/C11H15NO4/c1-3-16-9(13)5-4-8-6-12-10(7(8)2)11(14)15/h6,12H,3-5H2,1-2H3,(H,14,15). The van der Waals surface area contributed by atoms with Gasteiger partial charge in [0.05, 0.1) is 6.61 Å². The van der Waals surface area contributed by atoms with Crippen LogP contribution < -0.4 is 0 Å². The maximum atomic E-state index is 11.1. The number of carboxylic acid groups (broad SMARTS) is 1. The van der Waals surface area contributed by atoms with Crippen molar-refractivity contribution in [3.05, 3.63) is 23.0 Å². The van der Waals surface area contributed by atoms with Crippen LogP contribution in [0.25, 0.3) is 0 Å². The summed E-state index contributed by atoms with van der Waals surface area (Å²) in [5.74, 6) is -1.25. The minimum absolute atomic E-state index is 0.179. The van der Waals surface area contributed by atoms with Gasteiger partial charge in [-0.2, -0.15) is 0 Å². The molecule has 1 aromatic rings. The summed E-state index contributed by atoms with van der Waals surface area (Å²) in [5, 5.41) is 8.82. The Morgan fingerprint density at radius 3 is 2.69 bits per heavy atom. The monoisotopic (exact) mass is 225 g/mol. The van der Waals surface area contributed by atoms with Gasteiger partial charge in [0.2, 0.25) is 0 Å². The number of aryl methyl sites for hydroxylation is 1. The molecule has 0 bridgehead atoms. The Morgan fingerprint density at radius 2 is 2.19 bits per heavy atom. The molecule has 2 N–H and O–H groups in total. The lowest BCUT2D eigenvalue weighted by atomic mass is 10.1. The molecule has 0 aliphatic rings. The highest BCUT2D eigenvalue weighted by Crippen LogP contribution is 2.14. The number of H-pyrrole nitrogens is 1. The number of ether oxygens (including phenoxy) is 1. The number of aromatic nitrogens is 1. The average Bonchev–Trinajstić information content (AvgIpc) is 2.57. The van der Waals surface area contributed by atoms with Crippen molar-refractivity contribution in [1.29, 1.82) is 0 Å². The normalized spacial score (nSPS) is 10.1. The molecule has 1 aromatic heterocycles. The van der Waals surface area contributed by atoms with E-state index in [1.54, 1.807) is 20.0 Å². The predicted octanol–water partition coefficient (Wildman–Crippen LogP) is 1.52. The number of nitrogens with one attached hydrogen (secondary N) is 1. The Morgan fingerprint density at radius 1 is 1.50 bits per heavy atom. The first-order valence-electron chi connectivity index (χ1n) is 5.12. The molecule has 0 radical (unpaired) electrons. The lowest BCUT2D eigenvalue weighted by Gasteiger charge is -2.01. The largest absolute Gasteiger partial charge is 0.477 e. The Bertz CT molecular complexity index is 395. The van der Waals surface area contributed by atoms with E-state index in [-0.39, 0.29) is 18.1 Å². The number of hydrogen-bond donors (Lipinski definition) is 2. The lowest BCUT2D eigenvalue weighted by molar-refractivity contribution is -0.143. The molecule has 0 unspecified atom stereocenters. The van der Waals surface area contributed by atoms with Gasteiger partial charge in [0.25, 0.3) is 0 Å². The maximum Gasteiger partial charge on any atom is 0.352 e. The van der Waals surface area contributed by atoms with Gasteiger partial charge in [-0.05, 0) is 31.4 Å². The molecule has 0 saturated carbocycles. The predicted molar refractivity (Wildman–Crippen MR) is 57.4 cm³/mol. The van der Waals surface area contributed by atoms with E-state index < -0.39 is 5.97 Å². The van der Waals surface area contributed by atoms with Crippen LogP contribution in [0.2, 0.25) is 0 Å². The molecule has 0 aromatic carbocycles. The van der Waals surface area contributed by atoms with E-state index in [0.717, 1.165) is 5.56 Å². The quantitative estimate of drug-likeness (QED) is 0.744. The zero-order valence-corrected chi connectivity index (χ0v) is 9.37. The fourth-order valence-electron chi connectivity index (χ4n) is 1.49. The van der Waals surface area contributed by atoms with Gasteiger partial charge >= 0.3 is 11.9 Å². The first kappa shape index (κ1) is 12.3. The molecule has 5 nitrogen and oxygen atoms in total. The first-order valence-corrected chi connectivity index (χ1v) is 5.12. The van der Waals surface area contributed by atoms with Crippen LogP contribution >= 0.6 is 0 Å². The maximum absolute atomic E-state index is 11.1. The second-order valence-corrected chi connectivity index (χ2v) is 3.42. The second-order valence-electron chi connectivity index (χ2n) is 3.42. The minimum Gasteiger partial charge on any atom is -0.477 e. The van der Waals surface area contributed by atoms with Crippen LogP contribution in [-0.2, 0) is 16.0 Å². The van der Waals surface area contributed by atoms with Gasteiger partial charge in [-0.1, -0.05) is 0 Å². The highest BCUT2D eigenvalue weighted by atomic mass is 16.5. The first-order chi connectivity index (χ1) is 7.56. The van der Waals surface area contributed by atoms with E-state index in [1.807, 2.05) is 0 Å². The van der Waals surface area contributed by atoms with Crippen LogP contribution in [0.5, 0.6) is 0 Å². The number of carbonyl (C=O) groups is 2. The van der Waals surface area contributed by atoms with E-state index in [4.69, 9.17) is 9.84 Å². The van der Waals surface area contributed by atoms with Crippen LogP contribution in [0.3, 0.4) is 0 Å². The van der Waals surface area contributed by atoms with E-state index in [2.05, 4.69) is 4.98 Å². The van der Waals surface area contributed by atoms with Gasteiger partial charge in [-0.15, -0.1) is 0 Å². The second kappa shape index (κ2) is 5.34. The molecule has 1 heterocycles. The molecule has 0 amide bonds. The molecule has 1 rings (SSSR count). The molecule has 0 spiro atoms. The van der Waals surface area contributed by atoms with Crippen molar-refractivity contribution in [2.75, 3.05) is 6.61 Å². The Kier molecular flexibility index (Phi) is 4.10. The van der Waals surface area contributed by atoms with Crippen molar-refractivity contribution in [2.24, 2.45) is 0 Å². The number of esters is 1. The molecule has 0 saturated heterocycles. The summed E-state index contributed by atoms with van der Waals surface area (Å²) >= 11 is 0. The summed E-state index contributed by atoms with van der Waals surface area (Å²) in [6.45, 7) is 3.84. The van der Waals surface area contributed by atoms with Gasteiger partial charge in [-0.3, -0.25) is 4.79 Å². The van der Waals surface area contributed by atoms with Gasteiger partial charge in [0.1, 0.15) is 5.69 Å². The molecule has 88 valence electrons. The number of rotatable bonds is 5. The Hall–Kier alpha value is -1.78.